The van der Waals surface area contributed by atoms with Crippen molar-refractivity contribution in [3.8, 4) is 0 Å². The van der Waals surface area contributed by atoms with Gasteiger partial charge in [0.05, 0.1) is 6.54 Å². The van der Waals surface area contributed by atoms with Gasteiger partial charge in [-0.25, -0.2) is 13.6 Å². The molecule has 150 valence electrons. The zero-order valence-electron chi connectivity index (χ0n) is 15.9. The molecule has 0 spiro atoms. The summed E-state index contributed by atoms with van der Waals surface area (Å²) in [6.07, 6.45) is -1.12. The van der Waals surface area contributed by atoms with E-state index < -0.39 is 42.0 Å². The molecule has 1 aromatic rings. The lowest BCUT2D eigenvalue weighted by molar-refractivity contribution is -0.134. The maximum absolute atomic E-state index is 13.6. The molecule has 0 aromatic heterocycles. The Morgan fingerprint density at radius 2 is 1.85 bits per heavy atom. The van der Waals surface area contributed by atoms with E-state index in [1.165, 1.54) is 0 Å². The van der Waals surface area contributed by atoms with Crippen LogP contribution in [0.25, 0.3) is 0 Å². The van der Waals surface area contributed by atoms with E-state index in [1.807, 2.05) is 24.3 Å². The molecule has 2 atom stereocenters. The Bertz CT molecular complexity index is 689. The van der Waals surface area contributed by atoms with Crippen LogP contribution in [-0.4, -0.2) is 47.6 Å². The molecule has 1 saturated heterocycles. The average Bonchev–Trinajstić information content (AvgIpc) is 2.90. The molecule has 0 radical (unpaired) electrons. The summed E-state index contributed by atoms with van der Waals surface area (Å²) in [5, 5.41) is 2.58. The fourth-order valence-electron chi connectivity index (χ4n) is 2.91. The molecule has 0 unspecified atom stereocenters. The minimum Gasteiger partial charge on any atom is -0.444 e. The minimum atomic E-state index is -2.90. The Hall–Kier alpha value is -1.70. The number of ether oxygens (including phenoxy) is 1. The van der Waals surface area contributed by atoms with E-state index in [2.05, 4.69) is 21.2 Å². The van der Waals surface area contributed by atoms with Gasteiger partial charge in [0.15, 0.2) is 0 Å². The standard InChI is InChI=1S/C19H25BrF2N2O3/c1-12(13-5-7-14(20)8-6-13)15(23-17(26)27-18(2,3)4)16(25)24-10-9-19(21,22)11-24/h5-8,12,15H,9-11H2,1-4H3,(H,23,26)/t12-,15-/m0/s1. The summed E-state index contributed by atoms with van der Waals surface area (Å²) >= 11 is 3.35. The van der Waals surface area contributed by atoms with Crippen LogP contribution in [0.3, 0.4) is 0 Å². The van der Waals surface area contributed by atoms with Crippen molar-refractivity contribution in [2.75, 3.05) is 13.1 Å². The number of carbonyl (C=O) groups excluding carboxylic acids is 2. The van der Waals surface area contributed by atoms with Crippen molar-refractivity contribution in [1.82, 2.24) is 10.2 Å². The first-order valence-corrected chi connectivity index (χ1v) is 9.59. The molecule has 27 heavy (non-hydrogen) atoms. The maximum atomic E-state index is 13.6. The Balaban J connectivity index is 2.23. The summed E-state index contributed by atoms with van der Waals surface area (Å²) in [5.74, 6) is -3.85. The van der Waals surface area contributed by atoms with Crippen LogP contribution in [0.2, 0.25) is 0 Å². The summed E-state index contributed by atoms with van der Waals surface area (Å²) in [4.78, 5) is 26.3. The predicted molar refractivity (Wildman–Crippen MR) is 102 cm³/mol. The third-order valence-electron chi connectivity index (χ3n) is 4.32. The van der Waals surface area contributed by atoms with Crippen LogP contribution < -0.4 is 5.32 Å². The van der Waals surface area contributed by atoms with Crippen LogP contribution in [0, 0.1) is 0 Å². The number of amides is 2. The van der Waals surface area contributed by atoms with E-state index in [-0.39, 0.29) is 13.0 Å². The van der Waals surface area contributed by atoms with Gasteiger partial charge in [-0.15, -0.1) is 0 Å². The van der Waals surface area contributed by atoms with Gasteiger partial charge in [-0.2, -0.15) is 0 Å². The second kappa shape index (κ2) is 8.12. The number of alkyl carbamates (subject to hydrolysis) is 1. The predicted octanol–water partition coefficient (Wildman–Crippen LogP) is 4.31. The van der Waals surface area contributed by atoms with Crippen LogP contribution in [0.5, 0.6) is 0 Å². The lowest BCUT2D eigenvalue weighted by atomic mass is 9.92. The first-order chi connectivity index (χ1) is 12.4. The summed E-state index contributed by atoms with van der Waals surface area (Å²) in [6, 6.07) is 6.29. The van der Waals surface area contributed by atoms with Crippen molar-refractivity contribution in [2.45, 2.75) is 57.6 Å². The van der Waals surface area contributed by atoms with E-state index in [1.54, 1.807) is 27.7 Å². The van der Waals surface area contributed by atoms with Gasteiger partial charge in [0.2, 0.25) is 5.91 Å². The molecule has 2 rings (SSSR count). The van der Waals surface area contributed by atoms with E-state index in [0.717, 1.165) is 14.9 Å². The molecular weight excluding hydrogens is 422 g/mol. The monoisotopic (exact) mass is 446 g/mol. The summed E-state index contributed by atoms with van der Waals surface area (Å²) in [5.41, 5.74) is 0.0673. The minimum absolute atomic E-state index is 0.0363. The smallest absolute Gasteiger partial charge is 0.408 e. The number of hydrogen-bond donors (Lipinski definition) is 1. The third-order valence-corrected chi connectivity index (χ3v) is 4.84. The summed E-state index contributed by atoms with van der Waals surface area (Å²) in [6.45, 7) is 6.24. The Morgan fingerprint density at radius 1 is 1.26 bits per heavy atom. The number of nitrogens with one attached hydrogen (secondary N) is 1. The highest BCUT2D eigenvalue weighted by Gasteiger charge is 2.43. The van der Waals surface area contributed by atoms with Gasteiger partial charge in [-0.3, -0.25) is 4.79 Å². The number of rotatable bonds is 4. The number of halogens is 3. The lowest BCUT2D eigenvalue weighted by Crippen LogP contribution is -2.51. The molecule has 1 fully saturated rings. The molecule has 0 saturated carbocycles. The fourth-order valence-corrected chi connectivity index (χ4v) is 3.18. The van der Waals surface area contributed by atoms with Crippen LogP contribution in [0.15, 0.2) is 28.7 Å². The Labute approximate surface area is 166 Å². The molecule has 0 aliphatic carbocycles. The number of likely N-dealkylation sites (tertiary alicyclic amines) is 1. The SMILES string of the molecule is C[C@@H](c1ccc(Br)cc1)[C@H](NC(=O)OC(C)(C)C)C(=O)N1CCC(F)(F)C1. The number of alkyl halides is 2. The highest BCUT2D eigenvalue weighted by molar-refractivity contribution is 9.10. The van der Waals surface area contributed by atoms with E-state index in [0.29, 0.717) is 0 Å². The zero-order chi connectivity index (χ0) is 20.4. The van der Waals surface area contributed by atoms with Crippen molar-refractivity contribution < 1.29 is 23.1 Å². The largest absolute Gasteiger partial charge is 0.444 e. The van der Waals surface area contributed by atoms with Crippen molar-refractivity contribution in [3.63, 3.8) is 0 Å². The topological polar surface area (TPSA) is 58.6 Å². The number of carbonyl (C=O) groups is 2. The summed E-state index contributed by atoms with van der Waals surface area (Å²) in [7, 11) is 0. The summed E-state index contributed by atoms with van der Waals surface area (Å²) < 4.78 is 33.2. The quantitative estimate of drug-likeness (QED) is 0.749. The van der Waals surface area contributed by atoms with Crippen LogP contribution >= 0.6 is 15.9 Å². The highest BCUT2D eigenvalue weighted by Crippen LogP contribution is 2.29. The molecule has 0 bridgehead atoms. The van der Waals surface area contributed by atoms with Gasteiger partial charge in [0, 0.05) is 23.4 Å². The van der Waals surface area contributed by atoms with Gasteiger partial charge in [-0.05, 0) is 38.5 Å². The third kappa shape index (κ3) is 6.16. The van der Waals surface area contributed by atoms with Crippen LogP contribution in [0.4, 0.5) is 13.6 Å². The molecule has 1 N–H and O–H groups in total. The molecule has 8 heteroatoms. The van der Waals surface area contributed by atoms with Crippen molar-refractivity contribution in [3.05, 3.63) is 34.3 Å². The van der Waals surface area contributed by atoms with Crippen LogP contribution in [0.1, 0.15) is 45.6 Å². The van der Waals surface area contributed by atoms with E-state index in [9.17, 15) is 18.4 Å². The lowest BCUT2D eigenvalue weighted by Gasteiger charge is -2.30. The Kier molecular flexibility index (Phi) is 6.50. The number of hydrogen-bond acceptors (Lipinski definition) is 3. The maximum Gasteiger partial charge on any atom is 0.408 e. The van der Waals surface area contributed by atoms with Gasteiger partial charge in [0.25, 0.3) is 5.92 Å². The molecule has 1 heterocycles. The molecule has 1 aliphatic heterocycles. The van der Waals surface area contributed by atoms with Gasteiger partial charge < -0.3 is 15.0 Å². The second-order valence-corrected chi connectivity index (χ2v) is 8.75. The van der Waals surface area contributed by atoms with Gasteiger partial charge in [0.1, 0.15) is 11.6 Å². The number of benzene rings is 1. The highest BCUT2D eigenvalue weighted by atomic mass is 79.9. The molecule has 1 aliphatic rings. The van der Waals surface area contributed by atoms with Gasteiger partial charge >= 0.3 is 6.09 Å². The Morgan fingerprint density at radius 3 is 2.33 bits per heavy atom. The fraction of sp³-hybridized carbons (Fsp3) is 0.579. The van der Waals surface area contributed by atoms with E-state index in [4.69, 9.17) is 4.74 Å². The molecule has 5 nitrogen and oxygen atoms in total. The van der Waals surface area contributed by atoms with Crippen molar-refractivity contribution in [1.29, 1.82) is 0 Å². The molecule has 2 amide bonds. The van der Waals surface area contributed by atoms with Crippen LogP contribution in [-0.2, 0) is 9.53 Å². The average molecular weight is 447 g/mol. The zero-order valence-corrected chi connectivity index (χ0v) is 17.5. The molecular formula is C19H25BrF2N2O3. The van der Waals surface area contributed by atoms with Crippen molar-refractivity contribution in [2.24, 2.45) is 0 Å². The van der Waals surface area contributed by atoms with Gasteiger partial charge in [-0.1, -0.05) is 35.0 Å². The normalized spacial score (nSPS) is 18.7. The van der Waals surface area contributed by atoms with E-state index >= 15 is 0 Å². The number of nitrogens with zero attached hydrogens (tertiary/aromatic N) is 1. The first kappa shape index (κ1) is 21.6. The second-order valence-electron chi connectivity index (χ2n) is 7.83. The first-order valence-electron chi connectivity index (χ1n) is 8.79. The van der Waals surface area contributed by atoms with Crippen molar-refractivity contribution >= 4 is 27.9 Å². The molecule has 1 aromatic carbocycles.